The summed E-state index contributed by atoms with van der Waals surface area (Å²) in [5.41, 5.74) is 4.82. The Morgan fingerprint density at radius 2 is 1.76 bits per heavy atom. The predicted molar refractivity (Wildman–Crippen MR) is 70.5 cm³/mol. The van der Waals surface area contributed by atoms with Crippen LogP contribution in [0.1, 0.15) is 25.0 Å². The van der Waals surface area contributed by atoms with Crippen molar-refractivity contribution in [2.75, 3.05) is 6.26 Å². The fraction of sp³-hybridized carbons (Fsp3) is 0.364. The quantitative estimate of drug-likeness (QED) is 0.653. The highest BCUT2D eigenvalue weighted by molar-refractivity contribution is 7.98. The predicted octanol–water partition coefficient (Wildman–Crippen LogP) is 4.09. The normalized spacial score (nSPS) is 10.5. The fourth-order valence-corrected chi connectivity index (χ4v) is 1.63. The van der Waals surface area contributed by atoms with Crippen molar-refractivity contribution in [1.29, 1.82) is 0 Å². The number of hydrogen-bond donors (Lipinski definition) is 1. The molecule has 0 radical (unpaired) electrons. The molecular weight excluding hydrogens is 267 g/mol. The lowest BCUT2D eigenvalue weighted by Gasteiger charge is -2.10. The fourth-order valence-electron chi connectivity index (χ4n) is 1.02. The Morgan fingerprint density at radius 1 is 1.24 bits per heavy atom. The summed E-state index contributed by atoms with van der Waals surface area (Å²) in [6.45, 7) is 4.00. The molecule has 0 heterocycles. The molecule has 1 nitrogen and oxygen atoms in total. The second kappa shape index (κ2) is 6.86. The van der Waals surface area contributed by atoms with Crippen LogP contribution in [0.15, 0.2) is 23.1 Å². The van der Waals surface area contributed by atoms with Crippen molar-refractivity contribution in [2.45, 2.75) is 24.9 Å². The van der Waals surface area contributed by atoms with Gasteiger partial charge in [0, 0.05) is 10.5 Å². The van der Waals surface area contributed by atoms with Gasteiger partial charge in [-0.15, -0.1) is 11.8 Å². The van der Waals surface area contributed by atoms with Crippen molar-refractivity contribution in [2.24, 2.45) is 5.73 Å². The third-order valence-electron chi connectivity index (χ3n) is 1.75. The van der Waals surface area contributed by atoms with Gasteiger partial charge in [-0.1, -0.05) is 26.1 Å². The molecule has 0 saturated carbocycles. The van der Waals surface area contributed by atoms with Crippen molar-refractivity contribution in [1.82, 2.24) is 0 Å². The van der Waals surface area contributed by atoms with Crippen LogP contribution >= 0.6 is 24.0 Å². The van der Waals surface area contributed by atoms with Gasteiger partial charge in [0.2, 0.25) is 0 Å². The number of alkyl halides is 3. The minimum atomic E-state index is -4.37. The molecule has 6 heteroatoms. The lowest BCUT2D eigenvalue weighted by molar-refractivity contribution is -0.137. The number of thiocarbonyl (C=S) groups is 1. The summed E-state index contributed by atoms with van der Waals surface area (Å²) in [5.74, 6) is 0. The van der Waals surface area contributed by atoms with Gasteiger partial charge in [-0.2, -0.15) is 13.2 Å². The van der Waals surface area contributed by atoms with Gasteiger partial charge < -0.3 is 5.73 Å². The number of hydrogen-bond acceptors (Lipinski definition) is 2. The zero-order chi connectivity index (χ0) is 13.6. The lowest BCUT2D eigenvalue weighted by atomic mass is 10.1. The van der Waals surface area contributed by atoms with Gasteiger partial charge >= 0.3 is 6.18 Å². The summed E-state index contributed by atoms with van der Waals surface area (Å²) >= 11 is 5.87. The van der Waals surface area contributed by atoms with E-state index < -0.39 is 11.7 Å². The highest BCUT2D eigenvalue weighted by Crippen LogP contribution is 2.32. The molecule has 0 saturated heterocycles. The minimum absolute atomic E-state index is 0.0311. The van der Waals surface area contributed by atoms with E-state index in [9.17, 15) is 13.2 Å². The molecule has 0 fully saturated rings. The topological polar surface area (TPSA) is 26.0 Å². The smallest absolute Gasteiger partial charge is 0.389 e. The van der Waals surface area contributed by atoms with Crippen LogP contribution in [-0.4, -0.2) is 11.2 Å². The molecule has 0 aliphatic heterocycles. The molecule has 2 N–H and O–H groups in total. The maximum atomic E-state index is 12.5. The van der Waals surface area contributed by atoms with Gasteiger partial charge in [0.1, 0.15) is 4.99 Å². The average Bonchev–Trinajstić information content (AvgIpc) is 2.29. The van der Waals surface area contributed by atoms with Crippen LogP contribution in [0.4, 0.5) is 13.2 Å². The Labute approximate surface area is 109 Å². The van der Waals surface area contributed by atoms with Crippen LogP contribution in [0, 0.1) is 0 Å². The van der Waals surface area contributed by atoms with Crippen molar-refractivity contribution in [3.8, 4) is 0 Å². The van der Waals surface area contributed by atoms with Gasteiger partial charge in [-0.25, -0.2) is 0 Å². The van der Waals surface area contributed by atoms with Crippen LogP contribution in [0.3, 0.4) is 0 Å². The molecule has 0 bridgehead atoms. The number of benzene rings is 1. The molecular formula is C11H14F3NS2. The van der Waals surface area contributed by atoms with Gasteiger partial charge in [0.05, 0.1) is 5.56 Å². The van der Waals surface area contributed by atoms with E-state index in [2.05, 4.69) is 12.2 Å². The van der Waals surface area contributed by atoms with Gasteiger partial charge in [0.15, 0.2) is 0 Å². The maximum absolute atomic E-state index is 12.5. The molecule has 0 unspecified atom stereocenters. The van der Waals surface area contributed by atoms with E-state index in [1.807, 2.05) is 13.8 Å². The Balaban J connectivity index is 0.00000121. The second-order valence-electron chi connectivity index (χ2n) is 2.81. The summed E-state index contributed by atoms with van der Waals surface area (Å²) in [6, 6.07) is 3.58. The lowest BCUT2D eigenvalue weighted by Crippen LogP contribution is -2.12. The Kier molecular flexibility index (Phi) is 6.56. The number of thioether (sulfide) groups is 1. The zero-order valence-corrected chi connectivity index (χ0v) is 11.4. The third kappa shape index (κ3) is 4.95. The summed E-state index contributed by atoms with van der Waals surface area (Å²) < 4.78 is 37.4. The molecule has 96 valence electrons. The van der Waals surface area contributed by atoms with Gasteiger partial charge in [0.25, 0.3) is 0 Å². The van der Waals surface area contributed by atoms with Crippen molar-refractivity contribution >= 4 is 29.0 Å². The largest absolute Gasteiger partial charge is 0.416 e. The molecule has 0 amide bonds. The number of nitrogens with two attached hydrogens (primary N) is 1. The Bertz CT molecular complexity index is 389. The molecule has 0 atom stereocenters. The molecule has 1 aromatic carbocycles. The van der Waals surface area contributed by atoms with E-state index in [0.29, 0.717) is 4.90 Å². The summed E-state index contributed by atoms with van der Waals surface area (Å²) in [4.78, 5) is 0.462. The molecule has 0 spiro atoms. The molecule has 1 rings (SSSR count). The maximum Gasteiger partial charge on any atom is 0.416 e. The second-order valence-corrected chi connectivity index (χ2v) is 4.13. The molecule has 0 aliphatic carbocycles. The van der Waals surface area contributed by atoms with Crippen LogP contribution in [-0.2, 0) is 6.18 Å². The molecule has 0 aromatic heterocycles. The molecule has 17 heavy (non-hydrogen) atoms. The molecule has 1 aromatic rings. The van der Waals surface area contributed by atoms with E-state index >= 15 is 0 Å². The Morgan fingerprint density at radius 3 is 2.12 bits per heavy atom. The Hall–Kier alpha value is -0.750. The first-order valence-corrected chi connectivity index (χ1v) is 6.54. The average molecular weight is 281 g/mol. The highest BCUT2D eigenvalue weighted by Gasteiger charge is 2.31. The van der Waals surface area contributed by atoms with Crippen molar-refractivity contribution < 1.29 is 13.2 Å². The van der Waals surface area contributed by atoms with E-state index in [1.54, 1.807) is 12.3 Å². The van der Waals surface area contributed by atoms with E-state index in [1.165, 1.54) is 11.8 Å². The van der Waals surface area contributed by atoms with Crippen molar-refractivity contribution in [3.63, 3.8) is 0 Å². The van der Waals surface area contributed by atoms with Crippen LogP contribution in [0.5, 0.6) is 0 Å². The first kappa shape index (κ1) is 16.2. The van der Waals surface area contributed by atoms with Gasteiger partial charge in [-0.05, 0) is 24.5 Å². The first-order valence-electron chi connectivity index (χ1n) is 4.90. The standard InChI is InChI=1S/C9H8F3NS2.C2H6/c1-15-7-3-5(8(13)14)2-6(4-7)9(10,11)12;1-2/h2-4H,1H3,(H2,13,14);1-2H3. The van der Waals surface area contributed by atoms with E-state index in [0.717, 1.165) is 12.1 Å². The van der Waals surface area contributed by atoms with E-state index in [4.69, 9.17) is 5.73 Å². The summed E-state index contributed by atoms with van der Waals surface area (Å²) in [6.07, 6.45) is -2.68. The zero-order valence-electron chi connectivity index (χ0n) is 9.76. The van der Waals surface area contributed by atoms with Crippen LogP contribution < -0.4 is 5.73 Å². The highest BCUT2D eigenvalue weighted by atomic mass is 32.2. The minimum Gasteiger partial charge on any atom is -0.389 e. The van der Waals surface area contributed by atoms with Gasteiger partial charge in [-0.3, -0.25) is 0 Å². The van der Waals surface area contributed by atoms with Crippen molar-refractivity contribution in [3.05, 3.63) is 29.3 Å². The SMILES string of the molecule is CC.CSc1cc(C(N)=S)cc(C(F)(F)F)c1. The molecule has 0 aliphatic rings. The summed E-state index contributed by atoms with van der Waals surface area (Å²) in [5, 5.41) is 0. The number of halogens is 3. The van der Waals surface area contributed by atoms with E-state index in [-0.39, 0.29) is 10.6 Å². The third-order valence-corrected chi connectivity index (χ3v) is 2.70. The van der Waals surface area contributed by atoms with Crippen LogP contribution in [0.25, 0.3) is 0 Å². The number of rotatable bonds is 2. The summed E-state index contributed by atoms with van der Waals surface area (Å²) in [7, 11) is 0. The first-order chi connectivity index (χ1) is 7.84. The van der Waals surface area contributed by atoms with Crippen LogP contribution in [0.2, 0.25) is 0 Å². The monoisotopic (exact) mass is 281 g/mol.